The quantitative estimate of drug-likeness (QED) is 0.701. The number of carbonyl (C=O) groups is 1. The Balaban J connectivity index is 1.83. The average Bonchev–Trinajstić information content (AvgIpc) is 2.92. The highest BCUT2D eigenvalue weighted by Gasteiger charge is 2.48. The van der Waals surface area contributed by atoms with Crippen LogP contribution in [0.25, 0.3) is 11.1 Å². The second kappa shape index (κ2) is 5.81. The Kier molecular flexibility index (Phi) is 3.69. The van der Waals surface area contributed by atoms with Crippen LogP contribution >= 0.6 is 15.9 Å². The Morgan fingerprint density at radius 2 is 1.92 bits per heavy atom. The number of carbonyl (C=O) groups excluding carboxylic acids is 1. The van der Waals surface area contributed by atoms with Crippen LogP contribution in [0.2, 0.25) is 0 Å². The molecular formula is C19H16BrN3O3. The standard InChI is InChI=1S/C19H16BrN3O3/c1-10-9-19(15(17(21)24)18(22)25-10)23-14-8-12(7-13(20)16(14)26-19)11-5-3-2-4-6-11/h2-9,23H,22H2,1H3,(H2,21,24)/t19-/m0/s1. The topological polar surface area (TPSA) is 99.6 Å². The average molecular weight is 414 g/mol. The van der Waals surface area contributed by atoms with Gasteiger partial charge in [-0.3, -0.25) is 4.79 Å². The predicted octanol–water partition coefficient (Wildman–Crippen LogP) is 3.21. The first-order valence-corrected chi connectivity index (χ1v) is 8.72. The van der Waals surface area contributed by atoms with Gasteiger partial charge >= 0.3 is 0 Å². The molecule has 5 N–H and O–H groups in total. The molecule has 0 aromatic heterocycles. The Bertz CT molecular complexity index is 985. The van der Waals surface area contributed by atoms with Crippen molar-refractivity contribution in [3.8, 4) is 16.9 Å². The molecular weight excluding hydrogens is 398 g/mol. The Labute approximate surface area is 158 Å². The third kappa shape index (κ3) is 2.52. The number of ether oxygens (including phenoxy) is 2. The monoisotopic (exact) mass is 413 g/mol. The van der Waals surface area contributed by atoms with Crippen LogP contribution < -0.4 is 21.5 Å². The van der Waals surface area contributed by atoms with Gasteiger partial charge in [0, 0.05) is 6.08 Å². The highest BCUT2D eigenvalue weighted by molar-refractivity contribution is 9.10. The van der Waals surface area contributed by atoms with Gasteiger partial charge in [0.05, 0.1) is 10.2 Å². The SMILES string of the molecule is CC1=C[C@@]2(Nc3cc(-c4ccccc4)cc(Br)c3O2)C(C(N)=O)=C(N)O1. The van der Waals surface area contributed by atoms with Crippen molar-refractivity contribution in [2.45, 2.75) is 12.6 Å². The number of anilines is 1. The number of primary amides is 1. The first-order chi connectivity index (χ1) is 12.4. The van der Waals surface area contributed by atoms with Crippen LogP contribution in [0.3, 0.4) is 0 Å². The highest BCUT2D eigenvalue weighted by Crippen LogP contribution is 2.48. The summed E-state index contributed by atoms with van der Waals surface area (Å²) >= 11 is 3.55. The smallest absolute Gasteiger partial charge is 0.256 e. The van der Waals surface area contributed by atoms with Gasteiger partial charge in [0.15, 0.2) is 5.75 Å². The van der Waals surface area contributed by atoms with E-state index in [4.69, 9.17) is 20.9 Å². The number of benzene rings is 2. The lowest BCUT2D eigenvalue weighted by Crippen LogP contribution is -2.48. The second-order valence-corrected chi connectivity index (χ2v) is 6.98. The molecule has 2 aliphatic rings. The molecule has 26 heavy (non-hydrogen) atoms. The minimum absolute atomic E-state index is 0.0347. The highest BCUT2D eigenvalue weighted by atomic mass is 79.9. The van der Waals surface area contributed by atoms with Crippen LogP contribution in [0.4, 0.5) is 5.69 Å². The van der Waals surface area contributed by atoms with Crippen molar-refractivity contribution in [1.82, 2.24) is 0 Å². The van der Waals surface area contributed by atoms with Gasteiger partial charge in [-0.2, -0.15) is 0 Å². The van der Waals surface area contributed by atoms with Crippen LogP contribution in [0.15, 0.2) is 70.2 Å². The first-order valence-electron chi connectivity index (χ1n) is 7.93. The molecule has 0 saturated heterocycles. The van der Waals surface area contributed by atoms with E-state index < -0.39 is 11.6 Å². The third-order valence-corrected chi connectivity index (χ3v) is 4.86. The summed E-state index contributed by atoms with van der Waals surface area (Å²) in [6.07, 6.45) is 1.65. The lowest BCUT2D eigenvalue weighted by molar-refractivity contribution is -0.116. The fraction of sp³-hybridized carbons (Fsp3) is 0.105. The Morgan fingerprint density at radius 3 is 2.62 bits per heavy atom. The van der Waals surface area contributed by atoms with Gasteiger partial charge in [-0.25, -0.2) is 0 Å². The number of allylic oxidation sites excluding steroid dienone is 1. The minimum atomic E-state index is -1.29. The molecule has 2 aromatic rings. The van der Waals surface area contributed by atoms with E-state index in [1.165, 1.54) is 0 Å². The van der Waals surface area contributed by atoms with Crippen molar-refractivity contribution >= 4 is 27.5 Å². The molecule has 1 spiro atoms. The van der Waals surface area contributed by atoms with Crippen molar-refractivity contribution in [1.29, 1.82) is 0 Å². The summed E-state index contributed by atoms with van der Waals surface area (Å²) in [5.74, 6) is 0.289. The molecule has 0 unspecified atom stereocenters. The molecule has 0 fully saturated rings. The molecule has 132 valence electrons. The molecule has 0 aliphatic carbocycles. The molecule has 0 radical (unpaired) electrons. The van der Waals surface area contributed by atoms with Crippen molar-refractivity contribution in [2.24, 2.45) is 11.5 Å². The lowest BCUT2D eigenvalue weighted by Gasteiger charge is -2.31. The zero-order chi connectivity index (χ0) is 18.5. The molecule has 2 aliphatic heterocycles. The van der Waals surface area contributed by atoms with E-state index in [-0.39, 0.29) is 11.5 Å². The maximum Gasteiger partial charge on any atom is 0.256 e. The van der Waals surface area contributed by atoms with Gasteiger partial charge in [-0.1, -0.05) is 30.3 Å². The molecule has 7 heteroatoms. The summed E-state index contributed by atoms with van der Waals surface area (Å²) in [4.78, 5) is 12.0. The summed E-state index contributed by atoms with van der Waals surface area (Å²) in [5.41, 5.74) is 12.9. The van der Waals surface area contributed by atoms with Crippen molar-refractivity contribution in [3.05, 3.63) is 70.2 Å². The lowest BCUT2D eigenvalue weighted by atomic mass is 9.99. The third-order valence-electron chi connectivity index (χ3n) is 4.28. The molecule has 1 atom stereocenters. The van der Waals surface area contributed by atoms with E-state index in [1.54, 1.807) is 13.0 Å². The summed E-state index contributed by atoms with van der Waals surface area (Å²) in [5, 5.41) is 3.25. The summed E-state index contributed by atoms with van der Waals surface area (Å²) in [6, 6.07) is 13.9. The Hall–Kier alpha value is -2.93. The molecule has 1 amide bonds. The van der Waals surface area contributed by atoms with Crippen molar-refractivity contribution in [2.75, 3.05) is 5.32 Å². The first kappa shape index (κ1) is 16.5. The number of halogens is 1. The maximum atomic E-state index is 12.0. The fourth-order valence-electron chi connectivity index (χ4n) is 3.25. The second-order valence-electron chi connectivity index (χ2n) is 6.12. The zero-order valence-electron chi connectivity index (χ0n) is 13.9. The Morgan fingerprint density at radius 1 is 1.19 bits per heavy atom. The normalized spacial score (nSPS) is 20.8. The van der Waals surface area contributed by atoms with Crippen molar-refractivity contribution < 1.29 is 14.3 Å². The number of amides is 1. The minimum Gasteiger partial charge on any atom is -0.456 e. The number of fused-ring (bicyclic) bond motifs is 1. The van der Waals surface area contributed by atoms with Crippen LogP contribution in [0.5, 0.6) is 5.75 Å². The van der Waals surface area contributed by atoms with Crippen LogP contribution in [0, 0.1) is 0 Å². The maximum absolute atomic E-state index is 12.0. The summed E-state index contributed by atoms with van der Waals surface area (Å²) < 4.78 is 12.2. The number of nitrogens with two attached hydrogens (primary N) is 2. The predicted molar refractivity (Wildman–Crippen MR) is 102 cm³/mol. The summed E-state index contributed by atoms with van der Waals surface area (Å²) in [6.45, 7) is 1.73. The van der Waals surface area contributed by atoms with E-state index in [0.717, 1.165) is 21.3 Å². The number of rotatable bonds is 2. The zero-order valence-corrected chi connectivity index (χ0v) is 15.5. The summed E-state index contributed by atoms with van der Waals surface area (Å²) in [7, 11) is 0. The van der Waals surface area contributed by atoms with Gasteiger partial charge in [0.1, 0.15) is 11.3 Å². The van der Waals surface area contributed by atoms with E-state index >= 15 is 0 Å². The molecule has 0 saturated carbocycles. The van der Waals surface area contributed by atoms with E-state index in [9.17, 15) is 4.79 Å². The van der Waals surface area contributed by atoms with Gasteiger partial charge in [0.2, 0.25) is 11.6 Å². The largest absolute Gasteiger partial charge is 0.456 e. The van der Waals surface area contributed by atoms with Crippen molar-refractivity contribution in [3.63, 3.8) is 0 Å². The van der Waals surface area contributed by atoms with Crippen LogP contribution in [-0.4, -0.2) is 11.6 Å². The number of nitrogens with one attached hydrogen (secondary N) is 1. The van der Waals surface area contributed by atoms with E-state index in [0.29, 0.717) is 11.5 Å². The van der Waals surface area contributed by atoms with Gasteiger partial charge < -0.3 is 26.3 Å². The van der Waals surface area contributed by atoms with Gasteiger partial charge in [0.25, 0.3) is 5.91 Å². The van der Waals surface area contributed by atoms with Crippen LogP contribution in [0.1, 0.15) is 6.92 Å². The number of hydrogen-bond donors (Lipinski definition) is 3. The van der Waals surface area contributed by atoms with Gasteiger partial charge in [-0.15, -0.1) is 0 Å². The van der Waals surface area contributed by atoms with E-state index in [1.807, 2.05) is 42.5 Å². The molecule has 4 rings (SSSR count). The van der Waals surface area contributed by atoms with E-state index in [2.05, 4.69) is 21.2 Å². The fourth-order valence-corrected chi connectivity index (χ4v) is 3.79. The molecule has 2 aromatic carbocycles. The molecule has 0 bridgehead atoms. The molecule has 6 nitrogen and oxygen atoms in total. The van der Waals surface area contributed by atoms with Gasteiger partial charge in [-0.05, 0) is 46.1 Å². The molecule has 2 heterocycles. The number of hydrogen-bond acceptors (Lipinski definition) is 5. The van der Waals surface area contributed by atoms with Crippen LogP contribution in [-0.2, 0) is 9.53 Å².